The lowest BCUT2D eigenvalue weighted by molar-refractivity contribution is -0.00000284. The van der Waals surface area contributed by atoms with Gasteiger partial charge in [-0.15, -0.1) is 0 Å². The van der Waals surface area contributed by atoms with Crippen molar-refractivity contribution in [3.05, 3.63) is 23.8 Å². The van der Waals surface area contributed by atoms with Crippen LogP contribution in [-0.2, 0) is 0 Å². The van der Waals surface area contributed by atoms with E-state index < -0.39 is 0 Å². The van der Waals surface area contributed by atoms with Crippen molar-refractivity contribution < 1.29 is 17.5 Å². The molecule has 56 valence electrons. The molecule has 1 rings (SSSR count). The number of aryl methyl sites for hydroxylation is 1. The molecule has 3 N–H and O–H groups in total. The maximum Gasteiger partial charge on any atom is 0.141 e. The Hall–Kier alpha value is -0.890. The van der Waals surface area contributed by atoms with Gasteiger partial charge in [0.05, 0.1) is 5.69 Å². The summed E-state index contributed by atoms with van der Waals surface area (Å²) in [4.78, 5) is 0. The number of para-hydroxylation sites is 1. The molecule has 0 saturated carbocycles. The minimum atomic E-state index is 0. The molecule has 0 aliphatic heterocycles. The van der Waals surface area contributed by atoms with Gasteiger partial charge in [0.15, 0.2) is 0 Å². The molecule has 0 aromatic heterocycles. The topological polar surface area (TPSA) is 46.2 Å². The molecule has 0 heterocycles. The number of phenolic OH excluding ortho intramolecular Hbond substituents is 1. The SMILES string of the molecule is Cc1cccc(N)c1O.[Cl-]. The number of rotatable bonds is 0. The van der Waals surface area contributed by atoms with Crippen molar-refractivity contribution in [1.29, 1.82) is 0 Å². The molecule has 0 saturated heterocycles. The van der Waals surface area contributed by atoms with E-state index in [9.17, 15) is 0 Å². The fourth-order valence-corrected chi connectivity index (χ4v) is 0.682. The fraction of sp³-hybridized carbons (Fsp3) is 0.143. The zero-order chi connectivity index (χ0) is 6.85. The van der Waals surface area contributed by atoms with Crippen LogP contribution >= 0.6 is 0 Å². The van der Waals surface area contributed by atoms with E-state index in [1.165, 1.54) is 0 Å². The molecule has 0 amide bonds. The van der Waals surface area contributed by atoms with E-state index in [0.717, 1.165) is 5.56 Å². The highest BCUT2D eigenvalue weighted by molar-refractivity contribution is 5.54. The predicted octanol–water partition coefficient (Wildman–Crippen LogP) is -1.71. The van der Waals surface area contributed by atoms with Gasteiger partial charge in [-0.1, -0.05) is 12.1 Å². The van der Waals surface area contributed by atoms with Gasteiger partial charge in [0.25, 0.3) is 0 Å². The normalized spacial score (nSPS) is 8.50. The van der Waals surface area contributed by atoms with Crippen LogP contribution in [0.25, 0.3) is 0 Å². The first kappa shape index (κ1) is 9.11. The zero-order valence-corrected chi connectivity index (χ0v) is 6.39. The average molecular weight is 159 g/mol. The molecule has 0 spiro atoms. The third kappa shape index (κ3) is 1.54. The Morgan fingerprint density at radius 1 is 1.40 bits per heavy atom. The number of aromatic hydroxyl groups is 1. The lowest BCUT2D eigenvalue weighted by Gasteiger charge is -1.99. The molecule has 0 aliphatic carbocycles. The average Bonchev–Trinajstić information content (AvgIpc) is 1.83. The maximum atomic E-state index is 9.08. The van der Waals surface area contributed by atoms with Crippen LogP contribution in [0.1, 0.15) is 5.56 Å². The van der Waals surface area contributed by atoms with E-state index in [2.05, 4.69) is 0 Å². The van der Waals surface area contributed by atoms with E-state index >= 15 is 0 Å². The van der Waals surface area contributed by atoms with Crippen molar-refractivity contribution in [3.8, 4) is 5.75 Å². The Morgan fingerprint density at radius 2 is 2.00 bits per heavy atom. The number of nitrogen functional groups attached to an aromatic ring is 1. The second-order valence-electron chi connectivity index (χ2n) is 2.01. The van der Waals surface area contributed by atoms with Crippen molar-refractivity contribution >= 4 is 5.69 Å². The van der Waals surface area contributed by atoms with E-state index in [0.29, 0.717) is 5.69 Å². The molecule has 0 radical (unpaired) electrons. The number of hydrogen-bond donors (Lipinski definition) is 2. The summed E-state index contributed by atoms with van der Waals surface area (Å²) in [5.41, 5.74) is 6.63. The number of benzene rings is 1. The van der Waals surface area contributed by atoms with Gasteiger partial charge in [-0.2, -0.15) is 0 Å². The maximum absolute atomic E-state index is 9.08. The zero-order valence-electron chi connectivity index (χ0n) is 5.63. The van der Waals surface area contributed by atoms with Crippen LogP contribution in [0.3, 0.4) is 0 Å². The molecular formula is C7H9ClNO-. The number of anilines is 1. The monoisotopic (exact) mass is 158 g/mol. The van der Waals surface area contributed by atoms with Crippen LogP contribution in [0.4, 0.5) is 5.69 Å². The lowest BCUT2D eigenvalue weighted by atomic mass is 10.2. The molecule has 0 bridgehead atoms. The summed E-state index contributed by atoms with van der Waals surface area (Å²) in [5.74, 6) is 0.192. The van der Waals surface area contributed by atoms with Crippen molar-refractivity contribution in [3.63, 3.8) is 0 Å². The summed E-state index contributed by atoms with van der Waals surface area (Å²) in [7, 11) is 0. The molecular weight excluding hydrogens is 150 g/mol. The van der Waals surface area contributed by atoms with E-state index in [-0.39, 0.29) is 18.2 Å². The fourth-order valence-electron chi connectivity index (χ4n) is 0.682. The molecule has 3 heteroatoms. The molecule has 10 heavy (non-hydrogen) atoms. The van der Waals surface area contributed by atoms with Gasteiger partial charge in [-0.3, -0.25) is 0 Å². The quantitative estimate of drug-likeness (QED) is 0.349. The standard InChI is InChI=1S/C7H9NO.ClH/c1-5-3-2-4-6(8)7(5)9;/h2-4,9H,8H2,1H3;1H/p-1. The second-order valence-corrected chi connectivity index (χ2v) is 2.01. The summed E-state index contributed by atoms with van der Waals surface area (Å²) in [6.45, 7) is 1.81. The Bertz CT molecular complexity index is 205. The van der Waals surface area contributed by atoms with Crippen LogP contribution in [0.5, 0.6) is 5.75 Å². The van der Waals surface area contributed by atoms with Crippen LogP contribution in [0, 0.1) is 6.92 Å². The summed E-state index contributed by atoms with van der Waals surface area (Å²) < 4.78 is 0. The predicted molar refractivity (Wildman–Crippen MR) is 37.3 cm³/mol. The van der Waals surface area contributed by atoms with Crippen molar-refractivity contribution in [1.82, 2.24) is 0 Å². The third-order valence-corrected chi connectivity index (χ3v) is 1.27. The molecule has 0 atom stereocenters. The first-order chi connectivity index (χ1) is 4.22. The van der Waals surface area contributed by atoms with Gasteiger partial charge in [0.2, 0.25) is 0 Å². The van der Waals surface area contributed by atoms with Gasteiger partial charge < -0.3 is 23.2 Å². The largest absolute Gasteiger partial charge is 1.00 e. The first-order valence-corrected chi connectivity index (χ1v) is 2.76. The summed E-state index contributed by atoms with van der Waals surface area (Å²) in [6.07, 6.45) is 0. The summed E-state index contributed by atoms with van der Waals surface area (Å²) in [6, 6.07) is 5.29. The van der Waals surface area contributed by atoms with Crippen molar-refractivity contribution in [2.45, 2.75) is 6.92 Å². The molecule has 1 aromatic carbocycles. The van der Waals surface area contributed by atoms with E-state index in [1.54, 1.807) is 6.07 Å². The van der Waals surface area contributed by atoms with Gasteiger partial charge in [-0.05, 0) is 18.6 Å². The van der Waals surface area contributed by atoms with E-state index in [4.69, 9.17) is 10.8 Å². The van der Waals surface area contributed by atoms with Gasteiger partial charge >= 0.3 is 0 Å². The van der Waals surface area contributed by atoms with Crippen molar-refractivity contribution in [2.75, 3.05) is 5.73 Å². The molecule has 1 aromatic rings. The van der Waals surface area contributed by atoms with Gasteiger partial charge in [0, 0.05) is 0 Å². The minimum Gasteiger partial charge on any atom is -1.00 e. The Kier molecular flexibility index (Phi) is 3.03. The molecule has 2 nitrogen and oxygen atoms in total. The first-order valence-electron chi connectivity index (χ1n) is 2.76. The summed E-state index contributed by atoms with van der Waals surface area (Å²) in [5, 5.41) is 9.08. The van der Waals surface area contributed by atoms with E-state index in [1.807, 2.05) is 19.1 Å². The highest BCUT2D eigenvalue weighted by Gasteiger charge is 1.95. The number of halogens is 1. The van der Waals surface area contributed by atoms with Gasteiger partial charge in [-0.25, -0.2) is 0 Å². The number of nitrogens with two attached hydrogens (primary N) is 1. The highest BCUT2D eigenvalue weighted by atomic mass is 35.5. The summed E-state index contributed by atoms with van der Waals surface area (Å²) >= 11 is 0. The van der Waals surface area contributed by atoms with Crippen LogP contribution in [0.15, 0.2) is 18.2 Å². The van der Waals surface area contributed by atoms with Crippen LogP contribution < -0.4 is 18.1 Å². The minimum absolute atomic E-state index is 0. The smallest absolute Gasteiger partial charge is 0.141 e. The molecule has 0 unspecified atom stereocenters. The second kappa shape index (κ2) is 3.32. The Balaban J connectivity index is 0.000000810. The molecule has 0 aliphatic rings. The molecule has 0 fully saturated rings. The highest BCUT2D eigenvalue weighted by Crippen LogP contribution is 2.22. The van der Waals surface area contributed by atoms with Crippen molar-refractivity contribution in [2.24, 2.45) is 0 Å². The third-order valence-electron chi connectivity index (χ3n) is 1.27. The lowest BCUT2D eigenvalue weighted by Crippen LogP contribution is -3.00. The van der Waals surface area contributed by atoms with Gasteiger partial charge in [0.1, 0.15) is 5.75 Å². The van der Waals surface area contributed by atoms with Crippen LogP contribution in [0.2, 0.25) is 0 Å². The van der Waals surface area contributed by atoms with Crippen LogP contribution in [-0.4, -0.2) is 5.11 Å². The Labute approximate surface area is 66.1 Å². The number of hydrogen-bond acceptors (Lipinski definition) is 2. The Morgan fingerprint density at radius 3 is 2.40 bits per heavy atom. The number of phenols is 1.